The van der Waals surface area contributed by atoms with Gasteiger partial charge in [-0.2, -0.15) is 5.10 Å². The van der Waals surface area contributed by atoms with Crippen LogP contribution in [0.2, 0.25) is 18.1 Å². The average Bonchev–Trinajstić information content (AvgIpc) is 3.81. The fourth-order valence-electron chi connectivity index (χ4n) is 9.73. The Labute approximate surface area is 393 Å². The first kappa shape index (κ1) is 47.6. The summed E-state index contributed by atoms with van der Waals surface area (Å²) >= 11 is 0. The summed E-state index contributed by atoms with van der Waals surface area (Å²) in [5.74, 6) is 1.89. The summed E-state index contributed by atoms with van der Waals surface area (Å²) in [6.45, 7) is 17.4. The van der Waals surface area contributed by atoms with E-state index in [2.05, 4.69) is 79.4 Å². The van der Waals surface area contributed by atoms with Crippen molar-refractivity contribution in [3.05, 3.63) is 160 Å². The fourth-order valence-corrected chi connectivity index (χ4v) is 11.0. The van der Waals surface area contributed by atoms with E-state index >= 15 is 0 Å². The number of H-pyrrole nitrogens is 1. The third kappa shape index (κ3) is 11.6. The molecule has 66 heavy (non-hydrogen) atoms. The molecule has 350 valence electrons. The summed E-state index contributed by atoms with van der Waals surface area (Å²) in [5, 5.41) is 21.9. The van der Waals surface area contributed by atoms with Crippen molar-refractivity contribution in [1.29, 1.82) is 0 Å². The van der Waals surface area contributed by atoms with Crippen LogP contribution < -0.4 is 15.6 Å². The van der Waals surface area contributed by atoms with E-state index in [-0.39, 0.29) is 22.6 Å². The van der Waals surface area contributed by atoms with Gasteiger partial charge in [-0.15, -0.1) is 0 Å². The molecule has 4 aromatic carbocycles. The minimum absolute atomic E-state index is 0.0305. The summed E-state index contributed by atoms with van der Waals surface area (Å²) in [7, 11) is -2.17. The number of piperidine rings is 1. The standard InChI is InChI=1S/C55H72N6O4Si/c1-54(2,3)66(4,5)65-50(47-25-27-49(52-48(47)26-28-51(62)58-52)64-39-44-15-9-6-10-16-44)37-56-33-29-41-21-23-42(24-22-41)30-34-60-35-31-43(32-36-60)38-61-40-57-53(59-61)55(63,45-17-11-7-12-18-45)46-19-13-8-14-20-46/h6-7,9-12,15-18,21-28,40,43,46,50,56,63H,8,13-14,19-20,29-39H2,1-5H3,(H,58,62). The Balaban J connectivity index is 0.820. The predicted molar refractivity (Wildman–Crippen MR) is 268 cm³/mol. The number of fused-ring (bicyclic) bond motifs is 1. The van der Waals surface area contributed by atoms with Crippen LogP contribution in [0.4, 0.5) is 0 Å². The number of aromatic nitrogens is 4. The van der Waals surface area contributed by atoms with Crippen molar-refractivity contribution >= 4 is 19.2 Å². The predicted octanol–water partition coefficient (Wildman–Crippen LogP) is 10.4. The van der Waals surface area contributed by atoms with E-state index in [9.17, 15) is 9.90 Å². The Bertz CT molecular complexity index is 2510. The van der Waals surface area contributed by atoms with E-state index in [1.807, 2.05) is 83.8 Å². The first-order valence-corrected chi connectivity index (χ1v) is 27.5. The highest BCUT2D eigenvalue weighted by molar-refractivity contribution is 6.74. The topological polar surface area (TPSA) is 118 Å². The SMILES string of the molecule is CC(C)(C)[Si](C)(C)OC(CNCCc1ccc(CCN2CCC(Cn3cnc(C(O)(c4ccccc4)C4CCCCC4)n3)CC2)cc1)c1ccc(OCc2ccccc2)c2[nH]c(=O)ccc12. The minimum Gasteiger partial charge on any atom is -0.487 e. The van der Waals surface area contributed by atoms with Gasteiger partial charge >= 0.3 is 0 Å². The van der Waals surface area contributed by atoms with Crippen molar-refractivity contribution in [1.82, 2.24) is 30.0 Å². The summed E-state index contributed by atoms with van der Waals surface area (Å²) in [6, 6.07) is 36.9. The van der Waals surface area contributed by atoms with E-state index in [0.717, 1.165) is 106 Å². The Hall–Kier alpha value is -4.91. The van der Waals surface area contributed by atoms with Crippen molar-refractivity contribution in [2.75, 3.05) is 32.7 Å². The molecule has 1 aliphatic heterocycles. The average molecular weight is 909 g/mol. The van der Waals surface area contributed by atoms with Gasteiger partial charge < -0.3 is 29.5 Å². The van der Waals surface area contributed by atoms with E-state index < -0.39 is 13.9 Å². The number of aliphatic hydroxyl groups is 1. The van der Waals surface area contributed by atoms with Crippen LogP contribution in [0.3, 0.4) is 0 Å². The summed E-state index contributed by atoms with van der Waals surface area (Å²) in [5.41, 5.74) is 5.10. The van der Waals surface area contributed by atoms with E-state index in [1.54, 1.807) is 6.07 Å². The number of rotatable bonds is 19. The minimum atomic E-state index is -2.17. The van der Waals surface area contributed by atoms with Gasteiger partial charge in [0.15, 0.2) is 19.7 Å². The largest absolute Gasteiger partial charge is 0.487 e. The highest BCUT2D eigenvalue weighted by atomic mass is 28.4. The van der Waals surface area contributed by atoms with Crippen molar-refractivity contribution in [2.45, 2.75) is 122 Å². The van der Waals surface area contributed by atoms with Crippen molar-refractivity contribution < 1.29 is 14.3 Å². The van der Waals surface area contributed by atoms with Crippen molar-refractivity contribution in [3.8, 4) is 5.75 Å². The van der Waals surface area contributed by atoms with Crippen LogP contribution in [0.15, 0.2) is 120 Å². The molecule has 2 fully saturated rings. The molecule has 1 aliphatic carbocycles. The molecule has 0 bridgehead atoms. The van der Waals surface area contributed by atoms with Crippen LogP contribution in [0.25, 0.3) is 10.9 Å². The second-order valence-corrected chi connectivity index (χ2v) is 25.2. The Morgan fingerprint density at radius 2 is 1.50 bits per heavy atom. The lowest BCUT2D eigenvalue weighted by atomic mass is 9.73. The summed E-state index contributed by atoms with van der Waals surface area (Å²) < 4.78 is 15.4. The number of nitrogens with zero attached hydrogens (tertiary/aromatic N) is 4. The number of aromatic amines is 1. The second-order valence-electron chi connectivity index (χ2n) is 20.5. The van der Waals surface area contributed by atoms with E-state index in [0.29, 0.717) is 36.2 Å². The molecule has 8 rings (SSSR count). The summed E-state index contributed by atoms with van der Waals surface area (Å²) in [4.78, 5) is 23.0. The number of ether oxygens (including phenoxy) is 1. The highest BCUT2D eigenvalue weighted by Gasteiger charge is 2.44. The number of nitrogens with one attached hydrogen (secondary N) is 2. The molecule has 3 N–H and O–H groups in total. The van der Waals surface area contributed by atoms with Gasteiger partial charge in [0, 0.05) is 31.1 Å². The van der Waals surface area contributed by atoms with Crippen LogP contribution in [0.1, 0.15) is 105 Å². The Kier molecular flexibility index (Phi) is 15.4. The van der Waals surface area contributed by atoms with Gasteiger partial charge in [0.25, 0.3) is 0 Å². The first-order valence-electron chi connectivity index (χ1n) is 24.5. The third-order valence-corrected chi connectivity index (χ3v) is 19.3. The van der Waals surface area contributed by atoms with Gasteiger partial charge in [0.2, 0.25) is 5.56 Å². The monoisotopic (exact) mass is 909 g/mol. The van der Waals surface area contributed by atoms with Gasteiger partial charge in [0.05, 0.1) is 11.6 Å². The van der Waals surface area contributed by atoms with E-state index in [1.165, 1.54) is 17.5 Å². The molecule has 10 nitrogen and oxygen atoms in total. The van der Waals surface area contributed by atoms with Crippen LogP contribution >= 0.6 is 0 Å². The third-order valence-electron chi connectivity index (χ3n) is 14.8. The number of hydrogen-bond donors (Lipinski definition) is 3. The molecule has 6 aromatic rings. The molecular weight excluding hydrogens is 837 g/mol. The van der Waals surface area contributed by atoms with Crippen molar-refractivity contribution in [2.24, 2.45) is 11.8 Å². The van der Waals surface area contributed by atoms with Crippen LogP contribution in [-0.2, 0) is 36.0 Å². The molecule has 2 aliphatic rings. The maximum atomic E-state index is 12.6. The van der Waals surface area contributed by atoms with Gasteiger partial charge in [0.1, 0.15) is 18.7 Å². The molecular formula is C55H72N6O4Si. The zero-order chi connectivity index (χ0) is 46.2. The van der Waals surface area contributed by atoms with Gasteiger partial charge in [-0.25, -0.2) is 4.98 Å². The lowest BCUT2D eigenvalue weighted by Crippen LogP contribution is -2.43. The van der Waals surface area contributed by atoms with Gasteiger partial charge in [-0.05, 0) is 128 Å². The molecule has 3 heterocycles. The van der Waals surface area contributed by atoms with Crippen LogP contribution in [0.5, 0.6) is 5.75 Å². The molecule has 2 unspecified atom stereocenters. The van der Waals surface area contributed by atoms with Crippen molar-refractivity contribution in [3.63, 3.8) is 0 Å². The molecule has 1 saturated heterocycles. The molecule has 11 heteroatoms. The number of likely N-dealkylation sites (tertiary alicyclic amines) is 1. The molecule has 0 spiro atoms. The van der Waals surface area contributed by atoms with Crippen LogP contribution in [-0.4, -0.2) is 70.8 Å². The maximum absolute atomic E-state index is 12.6. The molecule has 0 amide bonds. The quantitative estimate of drug-likeness (QED) is 0.0543. The molecule has 1 saturated carbocycles. The molecule has 2 atom stereocenters. The second kappa shape index (κ2) is 21.4. The molecule has 2 aromatic heterocycles. The number of pyridine rings is 1. The highest BCUT2D eigenvalue weighted by Crippen LogP contribution is 2.43. The van der Waals surface area contributed by atoms with E-state index in [4.69, 9.17) is 19.2 Å². The Morgan fingerprint density at radius 3 is 2.20 bits per heavy atom. The lowest BCUT2D eigenvalue weighted by molar-refractivity contribution is -0.00865. The smallest absolute Gasteiger partial charge is 0.248 e. The zero-order valence-corrected chi connectivity index (χ0v) is 41.0. The zero-order valence-electron chi connectivity index (χ0n) is 40.0. The van der Waals surface area contributed by atoms with Crippen LogP contribution in [0, 0.1) is 11.8 Å². The lowest BCUT2D eigenvalue weighted by Gasteiger charge is -2.39. The first-order chi connectivity index (χ1) is 31.9. The normalized spacial score (nSPS) is 17.2. The number of hydrogen-bond acceptors (Lipinski definition) is 8. The Morgan fingerprint density at radius 1 is 0.818 bits per heavy atom. The van der Waals surface area contributed by atoms with Gasteiger partial charge in [-0.1, -0.05) is 131 Å². The number of benzene rings is 4. The maximum Gasteiger partial charge on any atom is 0.248 e. The molecule has 0 radical (unpaired) electrons. The summed E-state index contributed by atoms with van der Waals surface area (Å²) in [6.07, 6.45) is 11.4. The fraction of sp³-hybridized carbons (Fsp3) is 0.473. The van der Waals surface area contributed by atoms with Gasteiger partial charge in [-0.3, -0.25) is 9.48 Å².